The molecule has 176 valence electrons. The van der Waals surface area contributed by atoms with Gasteiger partial charge in [0.1, 0.15) is 0 Å². The molecule has 4 heteroatoms. The number of esters is 1. The first-order valence-corrected chi connectivity index (χ1v) is 13.1. The third-order valence-electron chi connectivity index (χ3n) is 10.7. The summed E-state index contributed by atoms with van der Waals surface area (Å²) in [7, 11) is 0. The van der Waals surface area contributed by atoms with E-state index >= 15 is 0 Å². The first-order chi connectivity index (χ1) is 15.2. The fourth-order valence-corrected chi connectivity index (χ4v) is 8.88. The monoisotopic (exact) mass is 440 g/mol. The summed E-state index contributed by atoms with van der Waals surface area (Å²) in [6.45, 7) is 7.26. The topological polar surface area (TPSA) is 63.6 Å². The molecule has 5 rings (SSSR count). The Hall–Kier alpha value is -1.42. The molecule has 32 heavy (non-hydrogen) atoms. The van der Waals surface area contributed by atoms with Crippen molar-refractivity contribution in [3.8, 4) is 0 Å². The Labute approximate surface area is 192 Å². The van der Waals surface area contributed by atoms with Gasteiger partial charge in [-0.3, -0.25) is 9.59 Å². The first kappa shape index (κ1) is 22.4. The van der Waals surface area contributed by atoms with Gasteiger partial charge in [-0.25, -0.2) is 0 Å². The van der Waals surface area contributed by atoms with E-state index in [1.54, 1.807) is 6.08 Å². The van der Waals surface area contributed by atoms with Gasteiger partial charge in [-0.1, -0.05) is 38.8 Å². The van der Waals surface area contributed by atoms with Gasteiger partial charge in [0.05, 0.1) is 12.2 Å². The number of unbranched alkanes of at least 4 members (excludes halogenated alkanes) is 1. The fraction of sp³-hybridized carbons (Fsp3) is 0.786. The van der Waals surface area contributed by atoms with Crippen LogP contribution in [0, 0.1) is 40.4 Å². The quantitative estimate of drug-likeness (QED) is 0.444. The Morgan fingerprint density at radius 2 is 1.94 bits per heavy atom. The summed E-state index contributed by atoms with van der Waals surface area (Å²) in [4.78, 5) is 24.4. The highest BCUT2D eigenvalue weighted by molar-refractivity contribution is 6.01. The van der Waals surface area contributed by atoms with Gasteiger partial charge >= 0.3 is 5.97 Å². The van der Waals surface area contributed by atoms with Crippen molar-refractivity contribution in [3.05, 3.63) is 23.8 Å². The SMILES string of the molecule is CCCCOC(=O)CC[C@]1(O)[C@H]2CC[C@H]2[C@H]2[C@@H]3CCC4=CC(=O)C=C[C@]4(C)[C@H]3CC[C@@]21C. The molecule has 4 fully saturated rings. The van der Waals surface area contributed by atoms with Crippen molar-refractivity contribution < 1.29 is 19.4 Å². The lowest BCUT2D eigenvalue weighted by Gasteiger charge is -2.58. The molecule has 0 aromatic heterocycles. The average molecular weight is 441 g/mol. The Balaban J connectivity index is 1.38. The Morgan fingerprint density at radius 3 is 2.66 bits per heavy atom. The van der Waals surface area contributed by atoms with E-state index < -0.39 is 5.60 Å². The van der Waals surface area contributed by atoms with Gasteiger partial charge in [0, 0.05) is 11.8 Å². The van der Waals surface area contributed by atoms with Gasteiger partial charge in [0.25, 0.3) is 0 Å². The highest BCUT2D eigenvalue weighted by Gasteiger charge is 2.72. The molecule has 5 aliphatic rings. The van der Waals surface area contributed by atoms with Crippen molar-refractivity contribution in [1.29, 1.82) is 0 Å². The number of aliphatic hydroxyl groups is 1. The van der Waals surface area contributed by atoms with E-state index in [-0.39, 0.29) is 22.6 Å². The predicted octanol–water partition coefficient (Wildman–Crippen LogP) is 5.39. The molecule has 0 heterocycles. The Bertz CT molecular complexity index is 857. The number of ketones is 1. The fourth-order valence-electron chi connectivity index (χ4n) is 8.88. The molecule has 8 atom stereocenters. The lowest BCUT2D eigenvalue weighted by Crippen LogP contribution is -2.55. The van der Waals surface area contributed by atoms with Crippen molar-refractivity contribution >= 4 is 11.8 Å². The second kappa shape index (κ2) is 7.82. The van der Waals surface area contributed by atoms with Crippen LogP contribution in [0.2, 0.25) is 0 Å². The molecule has 0 radical (unpaired) electrons. The zero-order valence-electron chi connectivity index (χ0n) is 20.1. The van der Waals surface area contributed by atoms with Crippen molar-refractivity contribution in [3.63, 3.8) is 0 Å². The molecular weight excluding hydrogens is 400 g/mol. The van der Waals surface area contributed by atoms with E-state index in [9.17, 15) is 14.7 Å². The van der Waals surface area contributed by atoms with E-state index in [1.165, 1.54) is 12.0 Å². The van der Waals surface area contributed by atoms with E-state index in [0.29, 0.717) is 49.0 Å². The van der Waals surface area contributed by atoms with Crippen LogP contribution in [0.4, 0.5) is 0 Å². The number of fused-ring (bicyclic) bond motifs is 7. The highest BCUT2D eigenvalue weighted by atomic mass is 16.5. The molecular formula is C28H40O4. The maximum Gasteiger partial charge on any atom is 0.305 e. The second-order valence-corrected chi connectivity index (χ2v) is 11.8. The third kappa shape index (κ3) is 3.04. The number of ether oxygens (including phenoxy) is 1. The second-order valence-electron chi connectivity index (χ2n) is 11.8. The van der Waals surface area contributed by atoms with Crippen LogP contribution >= 0.6 is 0 Å². The molecule has 0 aromatic rings. The smallest absolute Gasteiger partial charge is 0.305 e. The molecule has 0 amide bonds. The average Bonchev–Trinajstić information content (AvgIpc) is 2.86. The molecule has 0 saturated heterocycles. The van der Waals surface area contributed by atoms with Crippen LogP contribution in [0.5, 0.6) is 0 Å². The van der Waals surface area contributed by atoms with Gasteiger partial charge in [0.15, 0.2) is 5.78 Å². The van der Waals surface area contributed by atoms with E-state index in [1.807, 2.05) is 6.08 Å². The van der Waals surface area contributed by atoms with Gasteiger partial charge in [-0.2, -0.15) is 0 Å². The molecule has 5 aliphatic carbocycles. The molecule has 0 aromatic carbocycles. The Morgan fingerprint density at radius 1 is 1.16 bits per heavy atom. The van der Waals surface area contributed by atoms with Gasteiger partial charge in [-0.15, -0.1) is 0 Å². The highest BCUT2D eigenvalue weighted by Crippen LogP contribution is 2.74. The zero-order chi connectivity index (χ0) is 22.7. The molecule has 4 saturated carbocycles. The van der Waals surface area contributed by atoms with Crippen molar-refractivity contribution in [2.24, 2.45) is 40.4 Å². The lowest BCUT2D eigenvalue weighted by atomic mass is 9.46. The van der Waals surface area contributed by atoms with Crippen LogP contribution in [0.25, 0.3) is 0 Å². The number of allylic oxidation sites excluding steroid dienone is 4. The number of rotatable bonds is 6. The molecule has 0 bridgehead atoms. The maximum atomic E-state index is 12.4. The minimum absolute atomic E-state index is 0.0127. The van der Waals surface area contributed by atoms with Crippen LogP contribution in [-0.4, -0.2) is 29.1 Å². The molecule has 1 N–H and O–H groups in total. The van der Waals surface area contributed by atoms with Crippen molar-refractivity contribution in [1.82, 2.24) is 0 Å². The molecule has 0 unspecified atom stereocenters. The summed E-state index contributed by atoms with van der Waals surface area (Å²) in [6.07, 6.45) is 15.2. The van der Waals surface area contributed by atoms with Gasteiger partial charge < -0.3 is 9.84 Å². The Kier molecular flexibility index (Phi) is 5.47. The summed E-state index contributed by atoms with van der Waals surface area (Å²) in [5.41, 5.74) is 0.421. The van der Waals surface area contributed by atoms with Crippen LogP contribution in [0.3, 0.4) is 0 Å². The number of carbonyl (C=O) groups excluding carboxylic acids is 2. The normalized spacial score (nSPS) is 46.3. The third-order valence-corrected chi connectivity index (χ3v) is 10.7. The van der Waals surface area contributed by atoms with Crippen LogP contribution in [0.15, 0.2) is 23.8 Å². The summed E-state index contributed by atoms with van der Waals surface area (Å²) < 4.78 is 5.41. The summed E-state index contributed by atoms with van der Waals surface area (Å²) in [5.74, 6) is 2.55. The van der Waals surface area contributed by atoms with Gasteiger partial charge in [0.2, 0.25) is 0 Å². The van der Waals surface area contributed by atoms with Crippen LogP contribution in [0.1, 0.15) is 85.0 Å². The first-order valence-electron chi connectivity index (χ1n) is 13.1. The molecule has 0 spiro atoms. The number of hydrogen-bond donors (Lipinski definition) is 1. The van der Waals surface area contributed by atoms with E-state index in [4.69, 9.17) is 4.74 Å². The van der Waals surface area contributed by atoms with E-state index in [2.05, 4.69) is 26.8 Å². The number of hydrogen-bond acceptors (Lipinski definition) is 4. The minimum Gasteiger partial charge on any atom is -0.466 e. The molecule has 0 aliphatic heterocycles. The minimum atomic E-state index is -0.759. The summed E-state index contributed by atoms with van der Waals surface area (Å²) in [5, 5.41) is 12.2. The maximum absolute atomic E-state index is 12.4. The summed E-state index contributed by atoms with van der Waals surface area (Å²) >= 11 is 0. The van der Waals surface area contributed by atoms with Gasteiger partial charge in [-0.05, 0) is 98.5 Å². The van der Waals surface area contributed by atoms with E-state index in [0.717, 1.165) is 44.9 Å². The van der Waals surface area contributed by atoms with Crippen molar-refractivity contribution in [2.75, 3.05) is 6.61 Å². The number of carbonyl (C=O) groups is 2. The standard InChI is InChI=1S/C28H40O4/c1-4-5-16-32-24(30)12-15-28(31)23-9-8-21(23)25-20-7-6-18-17-19(29)10-13-26(18,2)22(20)11-14-27(25,28)3/h10,13,17,20-23,25,31H,4-9,11-12,14-16H2,1-3H3/t20-,21-,22+,23+,25-,26+,27+,28+/m1/s1. The predicted molar refractivity (Wildman–Crippen MR) is 124 cm³/mol. The molecule has 4 nitrogen and oxygen atoms in total. The van der Waals surface area contributed by atoms with Crippen LogP contribution in [-0.2, 0) is 14.3 Å². The largest absolute Gasteiger partial charge is 0.466 e. The zero-order valence-corrected chi connectivity index (χ0v) is 20.1. The lowest BCUT2D eigenvalue weighted by molar-refractivity contribution is -0.156. The van der Waals surface area contributed by atoms with Crippen LogP contribution < -0.4 is 0 Å². The van der Waals surface area contributed by atoms with Crippen molar-refractivity contribution in [2.45, 2.75) is 90.6 Å². The summed E-state index contributed by atoms with van der Waals surface area (Å²) in [6, 6.07) is 0.